The summed E-state index contributed by atoms with van der Waals surface area (Å²) in [4.78, 5) is 30.3. The topological polar surface area (TPSA) is 75.8 Å². The Labute approximate surface area is 175 Å². The minimum atomic E-state index is -0.455. The third-order valence-corrected chi connectivity index (χ3v) is 5.74. The zero-order chi connectivity index (χ0) is 20.3. The number of thioether (sulfide) groups is 1. The van der Waals surface area contributed by atoms with Gasteiger partial charge >= 0.3 is 0 Å². The molecular formula is C20H18BrN3O3S. The first-order valence-corrected chi connectivity index (χ1v) is 10.3. The zero-order valence-corrected chi connectivity index (χ0v) is 17.8. The van der Waals surface area contributed by atoms with Gasteiger partial charge in [0.1, 0.15) is 0 Å². The summed E-state index contributed by atoms with van der Waals surface area (Å²) in [7, 11) is 0. The van der Waals surface area contributed by atoms with Crippen molar-refractivity contribution in [3.63, 3.8) is 0 Å². The lowest BCUT2D eigenvalue weighted by Gasteiger charge is -2.13. The molecule has 3 rings (SSSR count). The SMILES string of the molecule is CCCN1C(=O)/C(=C\c2ccc(Br)c([N+](=O)[O-])c2)SC1=Nc1ccc(C)cc1. The van der Waals surface area contributed by atoms with E-state index in [9.17, 15) is 14.9 Å². The molecule has 1 aliphatic rings. The number of amidine groups is 1. The summed E-state index contributed by atoms with van der Waals surface area (Å²) in [5.74, 6) is -0.136. The number of halogens is 1. The normalized spacial score (nSPS) is 17.0. The molecule has 0 saturated carbocycles. The van der Waals surface area contributed by atoms with E-state index < -0.39 is 4.92 Å². The molecule has 0 radical (unpaired) electrons. The van der Waals surface area contributed by atoms with Gasteiger partial charge in [-0.1, -0.05) is 30.7 Å². The second-order valence-corrected chi connectivity index (χ2v) is 8.13. The Morgan fingerprint density at radius 1 is 1.25 bits per heavy atom. The van der Waals surface area contributed by atoms with E-state index in [1.807, 2.05) is 38.1 Å². The average molecular weight is 460 g/mol. The number of aryl methyl sites for hydroxylation is 1. The fourth-order valence-electron chi connectivity index (χ4n) is 2.65. The van der Waals surface area contributed by atoms with E-state index in [1.165, 1.54) is 17.8 Å². The van der Waals surface area contributed by atoms with Crippen molar-refractivity contribution in [2.45, 2.75) is 20.3 Å². The van der Waals surface area contributed by atoms with Gasteiger partial charge in [-0.05, 0) is 70.9 Å². The number of hydrogen-bond donors (Lipinski definition) is 0. The maximum atomic E-state index is 12.9. The predicted octanol–water partition coefficient (Wildman–Crippen LogP) is 5.68. The zero-order valence-electron chi connectivity index (χ0n) is 15.4. The number of benzene rings is 2. The van der Waals surface area contributed by atoms with Gasteiger partial charge in [-0.3, -0.25) is 19.8 Å². The Kier molecular flexibility index (Phi) is 6.31. The molecule has 1 saturated heterocycles. The molecule has 0 spiro atoms. The quantitative estimate of drug-likeness (QED) is 0.327. The number of carbonyl (C=O) groups is 1. The highest BCUT2D eigenvalue weighted by molar-refractivity contribution is 9.10. The number of hydrogen-bond acceptors (Lipinski definition) is 5. The third kappa shape index (κ3) is 4.51. The van der Waals surface area contributed by atoms with Crippen LogP contribution in [0.25, 0.3) is 6.08 Å². The lowest BCUT2D eigenvalue weighted by molar-refractivity contribution is -0.385. The molecule has 2 aromatic carbocycles. The minimum absolute atomic E-state index is 0.0382. The average Bonchev–Trinajstić information content (AvgIpc) is 2.94. The van der Waals surface area contributed by atoms with Crippen LogP contribution in [0.3, 0.4) is 0 Å². The van der Waals surface area contributed by atoms with Gasteiger partial charge in [0, 0.05) is 12.6 Å². The van der Waals surface area contributed by atoms with Crippen molar-refractivity contribution in [3.8, 4) is 0 Å². The maximum absolute atomic E-state index is 12.9. The number of nitrogens with zero attached hydrogens (tertiary/aromatic N) is 3. The standard InChI is InChI=1S/C20H18BrN3O3S/c1-3-10-23-19(25)18(12-14-6-9-16(21)17(11-14)24(26)27)28-20(23)22-15-7-4-13(2)5-8-15/h4-9,11-12H,3,10H2,1-2H3/b18-12+,22-20?. The highest BCUT2D eigenvalue weighted by Crippen LogP contribution is 2.35. The molecule has 0 atom stereocenters. The molecule has 1 amide bonds. The Bertz CT molecular complexity index is 987. The largest absolute Gasteiger partial charge is 0.286 e. The molecule has 1 aliphatic heterocycles. The van der Waals surface area contributed by atoms with Crippen molar-refractivity contribution in [2.24, 2.45) is 4.99 Å². The van der Waals surface area contributed by atoms with Gasteiger partial charge in [-0.2, -0.15) is 0 Å². The first-order chi connectivity index (χ1) is 13.4. The van der Waals surface area contributed by atoms with Gasteiger partial charge in [0.25, 0.3) is 11.6 Å². The van der Waals surface area contributed by atoms with Crippen LogP contribution in [0.4, 0.5) is 11.4 Å². The molecular weight excluding hydrogens is 442 g/mol. The van der Waals surface area contributed by atoms with E-state index in [0.29, 0.717) is 26.7 Å². The van der Waals surface area contributed by atoms with E-state index in [2.05, 4.69) is 20.9 Å². The van der Waals surface area contributed by atoms with E-state index in [4.69, 9.17) is 0 Å². The molecule has 2 aromatic rings. The van der Waals surface area contributed by atoms with Crippen LogP contribution in [0, 0.1) is 17.0 Å². The third-order valence-electron chi connectivity index (χ3n) is 4.06. The Morgan fingerprint density at radius 2 is 1.96 bits per heavy atom. The molecule has 28 heavy (non-hydrogen) atoms. The summed E-state index contributed by atoms with van der Waals surface area (Å²) >= 11 is 4.46. The van der Waals surface area contributed by atoms with Crippen molar-refractivity contribution in [2.75, 3.05) is 6.54 Å². The first-order valence-electron chi connectivity index (χ1n) is 8.69. The summed E-state index contributed by atoms with van der Waals surface area (Å²) in [5, 5.41) is 11.8. The highest BCUT2D eigenvalue weighted by atomic mass is 79.9. The Hall–Kier alpha value is -2.45. The van der Waals surface area contributed by atoms with Crippen LogP contribution in [0.5, 0.6) is 0 Å². The summed E-state index contributed by atoms with van der Waals surface area (Å²) < 4.78 is 0.402. The number of carbonyl (C=O) groups excluding carboxylic acids is 1. The first kappa shape index (κ1) is 20.3. The maximum Gasteiger partial charge on any atom is 0.284 e. The predicted molar refractivity (Wildman–Crippen MR) is 117 cm³/mol. The summed E-state index contributed by atoms with van der Waals surface area (Å²) in [6.45, 7) is 4.57. The lowest BCUT2D eigenvalue weighted by Crippen LogP contribution is -2.29. The molecule has 0 N–H and O–H groups in total. The van der Waals surface area contributed by atoms with Gasteiger partial charge in [-0.15, -0.1) is 0 Å². The van der Waals surface area contributed by atoms with E-state index in [1.54, 1.807) is 23.1 Å². The number of rotatable bonds is 5. The van der Waals surface area contributed by atoms with Crippen LogP contribution >= 0.6 is 27.7 Å². The van der Waals surface area contributed by atoms with Crippen molar-refractivity contribution >= 4 is 56.2 Å². The second-order valence-electron chi connectivity index (χ2n) is 6.27. The molecule has 0 aromatic heterocycles. The van der Waals surface area contributed by atoms with Crippen LogP contribution in [0.2, 0.25) is 0 Å². The van der Waals surface area contributed by atoms with Crippen LogP contribution < -0.4 is 0 Å². The van der Waals surface area contributed by atoms with Crippen LogP contribution in [-0.4, -0.2) is 27.4 Å². The van der Waals surface area contributed by atoms with Crippen molar-refractivity contribution < 1.29 is 9.72 Å². The molecule has 1 fully saturated rings. The van der Waals surface area contributed by atoms with Crippen molar-refractivity contribution in [3.05, 3.63) is 73.1 Å². The van der Waals surface area contributed by atoms with Crippen molar-refractivity contribution in [1.82, 2.24) is 4.90 Å². The minimum Gasteiger partial charge on any atom is -0.286 e. The highest BCUT2D eigenvalue weighted by Gasteiger charge is 2.32. The van der Waals surface area contributed by atoms with E-state index >= 15 is 0 Å². The summed E-state index contributed by atoms with van der Waals surface area (Å²) in [6, 6.07) is 12.6. The fraction of sp³-hybridized carbons (Fsp3) is 0.200. The number of nitro benzene ring substituents is 1. The monoisotopic (exact) mass is 459 g/mol. The smallest absolute Gasteiger partial charge is 0.284 e. The molecule has 6 nitrogen and oxygen atoms in total. The van der Waals surface area contributed by atoms with Gasteiger partial charge in [-0.25, -0.2) is 4.99 Å². The fourth-order valence-corrected chi connectivity index (χ4v) is 4.07. The number of nitro groups is 1. The van der Waals surface area contributed by atoms with Crippen LogP contribution in [0.15, 0.2) is 56.8 Å². The molecule has 0 bridgehead atoms. The molecule has 0 unspecified atom stereocenters. The summed E-state index contributed by atoms with van der Waals surface area (Å²) in [6.07, 6.45) is 2.48. The molecule has 8 heteroatoms. The van der Waals surface area contributed by atoms with Gasteiger partial charge < -0.3 is 0 Å². The van der Waals surface area contributed by atoms with Gasteiger partial charge in [0.05, 0.1) is 20.0 Å². The number of aliphatic imine (C=N–C) groups is 1. The number of amides is 1. The van der Waals surface area contributed by atoms with Crippen LogP contribution in [0.1, 0.15) is 24.5 Å². The Morgan fingerprint density at radius 3 is 2.61 bits per heavy atom. The molecule has 144 valence electrons. The molecule has 0 aliphatic carbocycles. The summed E-state index contributed by atoms with van der Waals surface area (Å²) in [5.41, 5.74) is 2.48. The lowest BCUT2D eigenvalue weighted by atomic mass is 10.2. The van der Waals surface area contributed by atoms with Crippen molar-refractivity contribution in [1.29, 1.82) is 0 Å². The molecule has 1 heterocycles. The Balaban J connectivity index is 1.96. The van der Waals surface area contributed by atoms with Gasteiger partial charge in [0.2, 0.25) is 0 Å². The van der Waals surface area contributed by atoms with E-state index in [0.717, 1.165) is 17.7 Å². The van der Waals surface area contributed by atoms with Crippen LogP contribution in [-0.2, 0) is 4.79 Å². The second kappa shape index (κ2) is 8.70. The van der Waals surface area contributed by atoms with Gasteiger partial charge in [0.15, 0.2) is 5.17 Å². The van der Waals surface area contributed by atoms with E-state index in [-0.39, 0.29) is 11.6 Å².